The lowest BCUT2D eigenvalue weighted by Gasteiger charge is -2.27. The summed E-state index contributed by atoms with van der Waals surface area (Å²) < 4.78 is 41.0. The highest BCUT2D eigenvalue weighted by Crippen LogP contribution is 2.34. The smallest absolute Gasteiger partial charge is 0.406 e. The van der Waals surface area contributed by atoms with Gasteiger partial charge in [-0.3, -0.25) is 4.79 Å². The number of anilines is 2. The van der Waals surface area contributed by atoms with Crippen molar-refractivity contribution in [3.05, 3.63) is 39.8 Å². The van der Waals surface area contributed by atoms with Gasteiger partial charge in [0.25, 0.3) is 0 Å². The standard InChI is InChI=1S/C21H23F3N6O2S2/c22-21(23,24)32-15-3-1-2-14(8-15)9-16(31)26-20-30-28-18(34-20)11-13-6-4-12(5-7-13)10-17-27-29-19(25)33-17/h1-3,8,12-13H,4-7,9-11H2,(H2,25,29)(H,26,30,31). The molecule has 0 spiro atoms. The second kappa shape index (κ2) is 10.6. The van der Waals surface area contributed by atoms with Crippen LogP contribution in [0.3, 0.4) is 0 Å². The van der Waals surface area contributed by atoms with Crippen molar-refractivity contribution in [2.45, 2.75) is 51.3 Å². The molecule has 1 fully saturated rings. The molecule has 4 rings (SSSR count). The summed E-state index contributed by atoms with van der Waals surface area (Å²) >= 11 is 2.77. The van der Waals surface area contributed by atoms with Gasteiger partial charge in [0, 0.05) is 12.8 Å². The fraction of sp³-hybridized carbons (Fsp3) is 0.476. The minimum Gasteiger partial charge on any atom is -0.406 e. The number of nitrogens with two attached hydrogens (primary N) is 1. The number of alkyl halides is 3. The number of carbonyl (C=O) groups is 1. The fourth-order valence-corrected chi connectivity index (χ4v) is 5.66. The topological polar surface area (TPSA) is 116 Å². The number of hydrogen-bond acceptors (Lipinski definition) is 9. The number of ether oxygens (including phenoxy) is 1. The number of hydrogen-bond donors (Lipinski definition) is 2. The molecule has 1 aromatic carbocycles. The van der Waals surface area contributed by atoms with Crippen LogP contribution in [0, 0.1) is 11.8 Å². The number of nitrogens with one attached hydrogen (secondary N) is 1. The Labute approximate surface area is 201 Å². The van der Waals surface area contributed by atoms with Crippen molar-refractivity contribution in [2.24, 2.45) is 11.8 Å². The largest absolute Gasteiger partial charge is 0.573 e. The van der Waals surface area contributed by atoms with Crippen LogP contribution in [0.4, 0.5) is 23.4 Å². The highest BCUT2D eigenvalue weighted by atomic mass is 32.1. The molecule has 13 heteroatoms. The molecule has 0 saturated heterocycles. The maximum atomic E-state index is 12.4. The van der Waals surface area contributed by atoms with E-state index in [1.54, 1.807) is 6.07 Å². The van der Waals surface area contributed by atoms with Crippen molar-refractivity contribution < 1.29 is 22.7 Å². The molecular formula is C21H23F3N6O2S2. The van der Waals surface area contributed by atoms with E-state index in [4.69, 9.17) is 5.73 Å². The van der Waals surface area contributed by atoms with E-state index >= 15 is 0 Å². The Bertz CT molecular complexity index is 1110. The van der Waals surface area contributed by atoms with E-state index in [0.717, 1.165) is 48.5 Å². The van der Waals surface area contributed by atoms with E-state index in [1.807, 2.05) is 0 Å². The van der Waals surface area contributed by atoms with Gasteiger partial charge in [-0.2, -0.15) is 0 Å². The minimum atomic E-state index is -4.78. The summed E-state index contributed by atoms with van der Waals surface area (Å²) in [5, 5.41) is 21.6. The molecule has 8 nitrogen and oxygen atoms in total. The molecule has 0 unspecified atom stereocenters. The van der Waals surface area contributed by atoms with Crippen molar-refractivity contribution >= 4 is 38.8 Å². The molecular weight excluding hydrogens is 489 g/mol. The van der Waals surface area contributed by atoms with E-state index in [0.29, 0.717) is 27.7 Å². The number of aromatic nitrogens is 4. The first-order chi connectivity index (χ1) is 16.2. The molecule has 0 aliphatic heterocycles. The molecule has 0 radical (unpaired) electrons. The predicted octanol–water partition coefficient (Wildman–Crippen LogP) is 4.64. The Balaban J connectivity index is 1.22. The van der Waals surface area contributed by atoms with Gasteiger partial charge in [-0.1, -0.05) is 34.8 Å². The SMILES string of the molecule is Nc1nnc(CC2CCC(Cc3nnc(NC(=O)Cc4cccc(OC(F)(F)F)c4)s3)CC2)s1. The average Bonchev–Trinajstić information content (AvgIpc) is 3.36. The highest BCUT2D eigenvalue weighted by Gasteiger charge is 2.31. The first-order valence-electron chi connectivity index (χ1n) is 10.8. The van der Waals surface area contributed by atoms with E-state index in [1.165, 1.54) is 40.9 Å². The van der Waals surface area contributed by atoms with Gasteiger partial charge in [-0.25, -0.2) is 0 Å². The lowest BCUT2D eigenvalue weighted by atomic mass is 9.79. The Morgan fingerprint density at radius 2 is 1.68 bits per heavy atom. The summed E-state index contributed by atoms with van der Waals surface area (Å²) in [6, 6.07) is 5.34. The second-order valence-corrected chi connectivity index (χ2v) is 10.4. The molecule has 0 atom stereocenters. The summed E-state index contributed by atoms with van der Waals surface area (Å²) in [6.07, 6.45) is 1.26. The van der Waals surface area contributed by atoms with Crippen molar-refractivity contribution in [1.82, 2.24) is 20.4 Å². The lowest BCUT2D eigenvalue weighted by molar-refractivity contribution is -0.274. The molecule has 1 saturated carbocycles. The molecule has 1 amide bonds. The molecule has 1 aliphatic rings. The highest BCUT2D eigenvalue weighted by molar-refractivity contribution is 7.15. The van der Waals surface area contributed by atoms with Crippen molar-refractivity contribution in [1.29, 1.82) is 0 Å². The van der Waals surface area contributed by atoms with Gasteiger partial charge in [0.2, 0.25) is 16.2 Å². The van der Waals surface area contributed by atoms with E-state index in [9.17, 15) is 18.0 Å². The zero-order chi connectivity index (χ0) is 24.1. The lowest BCUT2D eigenvalue weighted by Crippen LogP contribution is -2.18. The number of amides is 1. The van der Waals surface area contributed by atoms with Crippen LogP contribution in [0.25, 0.3) is 0 Å². The monoisotopic (exact) mass is 512 g/mol. The number of nitrogen functional groups attached to an aromatic ring is 1. The first kappa shape index (κ1) is 24.3. The summed E-state index contributed by atoms with van der Waals surface area (Å²) in [5.74, 6) is 0.361. The predicted molar refractivity (Wildman–Crippen MR) is 123 cm³/mol. The Hall–Kier alpha value is -2.80. The van der Waals surface area contributed by atoms with Crippen molar-refractivity contribution in [2.75, 3.05) is 11.1 Å². The van der Waals surface area contributed by atoms with Crippen LogP contribution in [0.15, 0.2) is 24.3 Å². The van der Waals surface area contributed by atoms with Crippen LogP contribution in [0.5, 0.6) is 5.75 Å². The third-order valence-electron chi connectivity index (χ3n) is 5.59. The average molecular weight is 513 g/mol. The summed E-state index contributed by atoms with van der Waals surface area (Å²) in [4.78, 5) is 12.3. The molecule has 2 heterocycles. The van der Waals surface area contributed by atoms with Gasteiger partial charge >= 0.3 is 6.36 Å². The zero-order valence-corrected chi connectivity index (χ0v) is 19.7. The van der Waals surface area contributed by atoms with Crippen LogP contribution in [-0.2, 0) is 24.1 Å². The summed E-state index contributed by atoms with van der Waals surface area (Å²) in [6.45, 7) is 0. The normalized spacial score (nSPS) is 18.6. The molecule has 34 heavy (non-hydrogen) atoms. The van der Waals surface area contributed by atoms with Crippen LogP contribution >= 0.6 is 22.7 Å². The van der Waals surface area contributed by atoms with Gasteiger partial charge in [0.1, 0.15) is 15.8 Å². The quantitative estimate of drug-likeness (QED) is 0.452. The van der Waals surface area contributed by atoms with Crippen LogP contribution < -0.4 is 15.8 Å². The minimum absolute atomic E-state index is 0.103. The number of carbonyl (C=O) groups excluding carboxylic acids is 1. The molecule has 1 aliphatic carbocycles. The number of halogens is 3. The van der Waals surface area contributed by atoms with Crippen LogP contribution in [-0.4, -0.2) is 32.7 Å². The Kier molecular flexibility index (Phi) is 7.61. The maximum Gasteiger partial charge on any atom is 0.573 e. The van der Waals surface area contributed by atoms with Crippen LogP contribution in [0.1, 0.15) is 41.3 Å². The van der Waals surface area contributed by atoms with Crippen molar-refractivity contribution in [3.8, 4) is 5.75 Å². The Morgan fingerprint density at radius 1 is 1.03 bits per heavy atom. The van der Waals surface area contributed by atoms with E-state index < -0.39 is 6.36 Å². The van der Waals surface area contributed by atoms with E-state index in [2.05, 4.69) is 30.4 Å². The third-order valence-corrected chi connectivity index (χ3v) is 7.22. The van der Waals surface area contributed by atoms with Gasteiger partial charge < -0.3 is 15.8 Å². The summed E-state index contributed by atoms with van der Waals surface area (Å²) in [7, 11) is 0. The zero-order valence-electron chi connectivity index (χ0n) is 18.0. The van der Waals surface area contributed by atoms with Gasteiger partial charge in [-0.05, 0) is 55.2 Å². The number of benzene rings is 1. The van der Waals surface area contributed by atoms with Gasteiger partial charge in [0.05, 0.1) is 6.42 Å². The number of nitrogens with zero attached hydrogens (tertiary/aromatic N) is 4. The first-order valence-corrected chi connectivity index (χ1v) is 12.4. The second-order valence-electron chi connectivity index (χ2n) is 8.25. The van der Waals surface area contributed by atoms with Crippen LogP contribution in [0.2, 0.25) is 0 Å². The molecule has 2 aromatic heterocycles. The van der Waals surface area contributed by atoms with Crippen molar-refractivity contribution in [3.63, 3.8) is 0 Å². The van der Waals surface area contributed by atoms with E-state index in [-0.39, 0.29) is 18.1 Å². The fourth-order valence-electron chi connectivity index (χ4n) is 4.07. The maximum absolute atomic E-state index is 12.4. The summed E-state index contributed by atoms with van der Waals surface area (Å²) in [5.41, 5.74) is 6.05. The molecule has 3 N–H and O–H groups in total. The molecule has 0 bridgehead atoms. The van der Waals surface area contributed by atoms with Gasteiger partial charge in [-0.15, -0.1) is 33.6 Å². The van der Waals surface area contributed by atoms with Gasteiger partial charge in [0.15, 0.2) is 0 Å². The third kappa shape index (κ3) is 7.35. The Morgan fingerprint density at radius 3 is 2.29 bits per heavy atom. The number of rotatable bonds is 8. The molecule has 3 aromatic rings. The molecule has 182 valence electrons.